The molecule has 1 heterocycles. The third-order valence-corrected chi connectivity index (χ3v) is 2.71. The Balaban J connectivity index is 2.67. The van der Waals surface area contributed by atoms with Crippen LogP contribution in [0.15, 0.2) is 0 Å². The summed E-state index contributed by atoms with van der Waals surface area (Å²) in [6.07, 6.45) is 0.675. The Hall–Kier alpha value is -1.37. The van der Waals surface area contributed by atoms with Gasteiger partial charge in [0.05, 0.1) is 14.2 Å². The van der Waals surface area contributed by atoms with Crippen LogP contribution in [0.1, 0.15) is 20.3 Å². The first-order chi connectivity index (χ1) is 8.06. The van der Waals surface area contributed by atoms with Crippen molar-refractivity contribution in [3.63, 3.8) is 0 Å². The Kier molecular flexibility index (Phi) is 5.14. The molecule has 0 aliphatic heterocycles. The minimum atomic E-state index is -0.405. The van der Waals surface area contributed by atoms with E-state index in [0.717, 1.165) is 11.5 Å². The lowest BCUT2D eigenvalue weighted by molar-refractivity contribution is -0.141. The number of hydrogen-bond donors (Lipinski definition) is 1. The number of nitrogens with zero attached hydrogens (tertiary/aromatic N) is 2. The predicted molar refractivity (Wildman–Crippen MR) is 65.3 cm³/mol. The van der Waals surface area contributed by atoms with Gasteiger partial charge in [-0.3, -0.25) is 0 Å². The number of esters is 1. The van der Waals surface area contributed by atoms with Gasteiger partial charge in [0.1, 0.15) is 6.04 Å². The molecule has 6 nitrogen and oxygen atoms in total. The van der Waals surface area contributed by atoms with Gasteiger partial charge in [0, 0.05) is 11.5 Å². The standard InChI is InChI=1S/C10H17N3O3S/c1-6(2)5-7(8(14)15-3)11-10-12-9(16-4)13-17-10/h6-7H,5H2,1-4H3,(H,11,12,13)/t7-/m0/s1. The van der Waals surface area contributed by atoms with Crippen LogP contribution in [-0.4, -0.2) is 35.6 Å². The van der Waals surface area contributed by atoms with Crippen LogP contribution < -0.4 is 10.1 Å². The number of aromatic nitrogens is 2. The molecule has 0 spiro atoms. The molecule has 0 bridgehead atoms. The number of nitrogens with one attached hydrogen (secondary N) is 1. The van der Waals surface area contributed by atoms with Gasteiger partial charge >= 0.3 is 12.0 Å². The zero-order valence-electron chi connectivity index (χ0n) is 10.4. The zero-order chi connectivity index (χ0) is 12.8. The van der Waals surface area contributed by atoms with Crippen LogP contribution >= 0.6 is 11.5 Å². The number of carbonyl (C=O) groups is 1. The van der Waals surface area contributed by atoms with Crippen molar-refractivity contribution in [3.05, 3.63) is 0 Å². The molecular weight excluding hydrogens is 242 g/mol. The summed E-state index contributed by atoms with van der Waals surface area (Å²) in [6, 6.07) is -0.108. The topological polar surface area (TPSA) is 73.3 Å². The highest BCUT2D eigenvalue weighted by Crippen LogP contribution is 2.19. The molecule has 0 fully saturated rings. The van der Waals surface area contributed by atoms with Crippen molar-refractivity contribution >= 4 is 22.6 Å². The van der Waals surface area contributed by atoms with Crippen LogP contribution in [0.5, 0.6) is 6.01 Å². The maximum absolute atomic E-state index is 11.6. The van der Waals surface area contributed by atoms with Gasteiger partial charge in [-0.2, -0.15) is 4.98 Å². The number of methoxy groups -OCH3 is 2. The number of anilines is 1. The molecule has 0 amide bonds. The molecule has 0 aliphatic carbocycles. The van der Waals surface area contributed by atoms with Crippen molar-refractivity contribution < 1.29 is 14.3 Å². The Morgan fingerprint density at radius 2 is 2.18 bits per heavy atom. The summed E-state index contributed by atoms with van der Waals surface area (Å²) in [5, 5.41) is 3.56. The maximum Gasteiger partial charge on any atom is 0.329 e. The van der Waals surface area contributed by atoms with E-state index < -0.39 is 6.04 Å². The smallest absolute Gasteiger partial charge is 0.329 e. The summed E-state index contributed by atoms with van der Waals surface area (Å²) >= 11 is 1.15. The molecule has 1 N–H and O–H groups in total. The molecule has 17 heavy (non-hydrogen) atoms. The fourth-order valence-corrected chi connectivity index (χ4v) is 1.92. The van der Waals surface area contributed by atoms with Gasteiger partial charge in [-0.05, 0) is 12.3 Å². The maximum atomic E-state index is 11.6. The second-order valence-electron chi connectivity index (χ2n) is 3.94. The van der Waals surface area contributed by atoms with Crippen molar-refractivity contribution in [2.45, 2.75) is 26.3 Å². The first-order valence-electron chi connectivity index (χ1n) is 5.28. The van der Waals surface area contributed by atoms with Gasteiger partial charge in [0.25, 0.3) is 0 Å². The van der Waals surface area contributed by atoms with Crippen LogP contribution in [0.25, 0.3) is 0 Å². The van der Waals surface area contributed by atoms with Crippen LogP contribution in [0, 0.1) is 5.92 Å². The summed E-state index contributed by atoms with van der Waals surface area (Å²) in [5.41, 5.74) is 0. The zero-order valence-corrected chi connectivity index (χ0v) is 11.2. The molecule has 0 aromatic carbocycles. The number of hydrogen-bond acceptors (Lipinski definition) is 7. The third-order valence-electron chi connectivity index (χ3n) is 2.08. The molecular formula is C10H17N3O3S. The Morgan fingerprint density at radius 1 is 1.47 bits per heavy atom. The van der Waals surface area contributed by atoms with Gasteiger partial charge < -0.3 is 14.8 Å². The van der Waals surface area contributed by atoms with Gasteiger partial charge in [0.15, 0.2) is 0 Å². The molecule has 0 unspecified atom stereocenters. The number of carbonyl (C=O) groups excluding carboxylic acids is 1. The van der Waals surface area contributed by atoms with E-state index in [1.54, 1.807) is 0 Å². The van der Waals surface area contributed by atoms with E-state index in [2.05, 4.69) is 14.7 Å². The minimum Gasteiger partial charge on any atom is -0.467 e. The van der Waals surface area contributed by atoms with Crippen molar-refractivity contribution in [2.24, 2.45) is 5.92 Å². The SMILES string of the molecule is COC(=O)[C@H](CC(C)C)Nc1nc(OC)ns1. The van der Waals surface area contributed by atoms with E-state index in [-0.39, 0.29) is 5.97 Å². The highest BCUT2D eigenvalue weighted by Gasteiger charge is 2.21. The second-order valence-corrected chi connectivity index (χ2v) is 4.69. The van der Waals surface area contributed by atoms with E-state index in [0.29, 0.717) is 23.5 Å². The highest BCUT2D eigenvalue weighted by molar-refractivity contribution is 7.09. The lowest BCUT2D eigenvalue weighted by Gasteiger charge is -2.17. The summed E-state index contributed by atoms with van der Waals surface area (Å²) in [6.45, 7) is 4.08. The molecule has 1 aromatic rings. The van der Waals surface area contributed by atoms with Gasteiger partial charge in [-0.1, -0.05) is 13.8 Å². The molecule has 7 heteroatoms. The molecule has 1 atom stereocenters. The number of ether oxygens (including phenoxy) is 2. The molecule has 0 saturated carbocycles. The average molecular weight is 259 g/mol. The predicted octanol–water partition coefficient (Wildman–Crippen LogP) is 1.55. The Morgan fingerprint density at radius 3 is 2.65 bits per heavy atom. The summed E-state index contributed by atoms with van der Waals surface area (Å²) in [5.74, 6) is 0.0780. The fraction of sp³-hybridized carbons (Fsp3) is 0.700. The van der Waals surface area contributed by atoms with Crippen molar-refractivity contribution in [3.8, 4) is 6.01 Å². The van der Waals surface area contributed by atoms with Crippen LogP contribution in [0.2, 0.25) is 0 Å². The normalized spacial score (nSPS) is 12.3. The molecule has 96 valence electrons. The third kappa shape index (κ3) is 4.18. The van der Waals surface area contributed by atoms with Crippen LogP contribution in [0.4, 0.5) is 5.13 Å². The van der Waals surface area contributed by atoms with E-state index in [1.807, 2.05) is 13.8 Å². The van der Waals surface area contributed by atoms with Crippen molar-refractivity contribution in [1.29, 1.82) is 0 Å². The van der Waals surface area contributed by atoms with Gasteiger partial charge in [-0.25, -0.2) is 4.79 Å². The minimum absolute atomic E-state index is 0.297. The molecule has 0 radical (unpaired) electrons. The Labute approximate surface area is 105 Å². The summed E-state index contributed by atoms with van der Waals surface area (Å²) in [7, 11) is 2.87. The van der Waals surface area contributed by atoms with Crippen LogP contribution in [0.3, 0.4) is 0 Å². The first kappa shape index (κ1) is 13.7. The molecule has 1 aromatic heterocycles. The van der Waals surface area contributed by atoms with E-state index in [4.69, 9.17) is 9.47 Å². The highest BCUT2D eigenvalue weighted by atomic mass is 32.1. The van der Waals surface area contributed by atoms with Gasteiger partial charge in [-0.15, -0.1) is 4.37 Å². The monoisotopic (exact) mass is 259 g/mol. The lowest BCUT2D eigenvalue weighted by Crippen LogP contribution is -2.32. The average Bonchev–Trinajstić information content (AvgIpc) is 2.74. The van der Waals surface area contributed by atoms with E-state index in [9.17, 15) is 4.79 Å². The lowest BCUT2D eigenvalue weighted by atomic mass is 10.0. The largest absolute Gasteiger partial charge is 0.467 e. The van der Waals surface area contributed by atoms with Crippen molar-refractivity contribution in [1.82, 2.24) is 9.36 Å². The van der Waals surface area contributed by atoms with Gasteiger partial charge in [0.2, 0.25) is 5.13 Å². The Bertz CT molecular complexity index is 367. The summed E-state index contributed by atoms with van der Waals surface area (Å²) < 4.78 is 13.6. The molecule has 0 saturated heterocycles. The van der Waals surface area contributed by atoms with Crippen LogP contribution in [-0.2, 0) is 9.53 Å². The summed E-state index contributed by atoms with van der Waals surface area (Å²) in [4.78, 5) is 15.6. The van der Waals surface area contributed by atoms with E-state index in [1.165, 1.54) is 14.2 Å². The molecule has 0 aliphatic rings. The second kappa shape index (κ2) is 6.39. The molecule has 1 rings (SSSR count). The van der Waals surface area contributed by atoms with Crippen molar-refractivity contribution in [2.75, 3.05) is 19.5 Å². The first-order valence-corrected chi connectivity index (χ1v) is 6.06. The fourth-order valence-electron chi connectivity index (χ4n) is 1.33. The number of rotatable bonds is 6. The quantitative estimate of drug-likeness (QED) is 0.781. The van der Waals surface area contributed by atoms with E-state index >= 15 is 0 Å².